The third-order valence-corrected chi connectivity index (χ3v) is 1.74. The van der Waals surface area contributed by atoms with Gasteiger partial charge in [-0.2, -0.15) is 0 Å². The summed E-state index contributed by atoms with van der Waals surface area (Å²) < 4.78 is 4.66. The van der Waals surface area contributed by atoms with E-state index in [0.29, 0.717) is 6.61 Å². The largest absolute Gasteiger partial charge is 0.479 e. The molecule has 0 aromatic rings. The highest BCUT2D eigenvalue weighted by molar-refractivity contribution is 5.76. The normalized spacial score (nSPS) is 14.3. The maximum atomic E-state index is 10.9. The molecule has 15 heavy (non-hydrogen) atoms. The summed E-state index contributed by atoms with van der Waals surface area (Å²) >= 11 is 0. The molecule has 0 radical (unpaired) electrons. The molecule has 6 heteroatoms. The van der Waals surface area contributed by atoms with Crippen LogP contribution in [0.25, 0.3) is 0 Å². The molecular weight excluding hydrogens is 202 g/mol. The number of rotatable bonds is 7. The first-order valence-corrected chi connectivity index (χ1v) is 4.72. The predicted octanol–water partition coefficient (Wildman–Crippen LogP) is -0.635. The number of carbonyl (C=O) groups excluding carboxylic acids is 1. The first-order chi connectivity index (χ1) is 6.90. The number of ether oxygens (including phenoxy) is 1. The fraction of sp³-hybridized carbons (Fsp3) is 0.778. The molecule has 0 rings (SSSR count). The zero-order chi connectivity index (χ0) is 11.9. The molecular formula is C9H17NO5. The van der Waals surface area contributed by atoms with Gasteiger partial charge >= 0.3 is 11.9 Å². The van der Waals surface area contributed by atoms with Gasteiger partial charge in [0.1, 0.15) is 0 Å². The molecule has 0 heterocycles. The smallest absolute Gasteiger partial charge is 0.336 e. The lowest BCUT2D eigenvalue weighted by Gasteiger charge is -2.17. The van der Waals surface area contributed by atoms with E-state index in [1.807, 2.05) is 0 Å². The number of aliphatic hydroxyl groups is 1. The molecule has 0 fully saturated rings. The van der Waals surface area contributed by atoms with Crippen LogP contribution < -0.4 is 5.32 Å². The highest BCUT2D eigenvalue weighted by atomic mass is 16.5. The average molecular weight is 219 g/mol. The molecule has 0 saturated carbocycles. The standard InChI is InChI=1S/C9H17NO5/c1-3-15-7(11)4-5-10-6-9(2,14)8(12)13/h10,14H,3-6H2,1-2H3,(H,12,13). The van der Waals surface area contributed by atoms with E-state index in [4.69, 9.17) is 5.11 Å². The summed E-state index contributed by atoms with van der Waals surface area (Å²) in [7, 11) is 0. The molecule has 88 valence electrons. The SMILES string of the molecule is CCOC(=O)CCNCC(C)(O)C(=O)O. The lowest BCUT2D eigenvalue weighted by molar-refractivity contribution is -0.156. The Bertz CT molecular complexity index is 227. The van der Waals surface area contributed by atoms with E-state index >= 15 is 0 Å². The first kappa shape index (κ1) is 13.9. The van der Waals surface area contributed by atoms with Crippen molar-refractivity contribution in [3.63, 3.8) is 0 Å². The monoisotopic (exact) mass is 219 g/mol. The van der Waals surface area contributed by atoms with Gasteiger partial charge in [-0.15, -0.1) is 0 Å². The van der Waals surface area contributed by atoms with Crippen molar-refractivity contribution in [1.82, 2.24) is 5.32 Å². The molecule has 0 saturated heterocycles. The molecule has 6 nitrogen and oxygen atoms in total. The van der Waals surface area contributed by atoms with Crippen molar-refractivity contribution in [2.24, 2.45) is 0 Å². The zero-order valence-corrected chi connectivity index (χ0v) is 8.95. The van der Waals surface area contributed by atoms with Crippen molar-refractivity contribution in [3.8, 4) is 0 Å². The van der Waals surface area contributed by atoms with E-state index in [-0.39, 0.29) is 25.5 Å². The molecule has 0 aromatic heterocycles. The highest BCUT2D eigenvalue weighted by Gasteiger charge is 2.28. The fourth-order valence-corrected chi connectivity index (χ4v) is 0.831. The van der Waals surface area contributed by atoms with Crippen LogP contribution in [0.15, 0.2) is 0 Å². The summed E-state index contributed by atoms with van der Waals surface area (Å²) in [5, 5.41) is 20.5. The molecule has 3 N–H and O–H groups in total. The van der Waals surface area contributed by atoms with Gasteiger partial charge in [-0.05, 0) is 13.8 Å². The van der Waals surface area contributed by atoms with Crippen LogP contribution in [0.4, 0.5) is 0 Å². The summed E-state index contributed by atoms with van der Waals surface area (Å²) in [6.45, 7) is 3.39. The van der Waals surface area contributed by atoms with Gasteiger partial charge in [0.05, 0.1) is 13.0 Å². The van der Waals surface area contributed by atoms with E-state index < -0.39 is 11.6 Å². The Balaban J connectivity index is 3.63. The Kier molecular flexibility index (Phi) is 5.88. The Hall–Kier alpha value is -1.14. The number of carbonyl (C=O) groups is 2. The van der Waals surface area contributed by atoms with Crippen molar-refractivity contribution in [2.75, 3.05) is 19.7 Å². The van der Waals surface area contributed by atoms with Gasteiger partial charge in [0.15, 0.2) is 5.60 Å². The van der Waals surface area contributed by atoms with Crippen molar-refractivity contribution in [3.05, 3.63) is 0 Å². The van der Waals surface area contributed by atoms with Crippen molar-refractivity contribution >= 4 is 11.9 Å². The maximum absolute atomic E-state index is 10.9. The minimum Gasteiger partial charge on any atom is -0.479 e. The third kappa shape index (κ3) is 6.03. The van der Waals surface area contributed by atoms with E-state index in [1.54, 1.807) is 6.92 Å². The van der Waals surface area contributed by atoms with Crippen LogP contribution in [0.3, 0.4) is 0 Å². The molecule has 0 bridgehead atoms. The van der Waals surface area contributed by atoms with Gasteiger partial charge in [0.25, 0.3) is 0 Å². The molecule has 1 atom stereocenters. The van der Waals surface area contributed by atoms with Crippen LogP contribution in [0, 0.1) is 0 Å². The summed E-state index contributed by atoms with van der Waals surface area (Å²) in [6.07, 6.45) is 0.156. The third-order valence-electron chi connectivity index (χ3n) is 1.74. The quantitative estimate of drug-likeness (QED) is 0.389. The fourth-order valence-electron chi connectivity index (χ4n) is 0.831. The predicted molar refractivity (Wildman–Crippen MR) is 52.4 cm³/mol. The van der Waals surface area contributed by atoms with Gasteiger partial charge in [0.2, 0.25) is 0 Å². The second kappa shape index (κ2) is 6.36. The Labute approximate surface area is 88.2 Å². The summed E-state index contributed by atoms with van der Waals surface area (Å²) in [5.74, 6) is -1.65. The highest BCUT2D eigenvalue weighted by Crippen LogP contribution is 2.00. The van der Waals surface area contributed by atoms with Crippen molar-refractivity contribution in [1.29, 1.82) is 0 Å². The Morgan fingerprint density at radius 1 is 1.47 bits per heavy atom. The van der Waals surface area contributed by atoms with E-state index in [0.717, 1.165) is 0 Å². The van der Waals surface area contributed by atoms with Crippen LogP contribution in [0.1, 0.15) is 20.3 Å². The van der Waals surface area contributed by atoms with Gasteiger partial charge in [-0.3, -0.25) is 4.79 Å². The number of carboxylic acids is 1. The van der Waals surface area contributed by atoms with Crippen LogP contribution in [0.5, 0.6) is 0 Å². The molecule has 0 amide bonds. The minimum atomic E-state index is -1.81. The Morgan fingerprint density at radius 2 is 2.07 bits per heavy atom. The molecule has 0 aliphatic heterocycles. The van der Waals surface area contributed by atoms with Gasteiger partial charge < -0.3 is 20.3 Å². The molecule has 0 aliphatic carbocycles. The van der Waals surface area contributed by atoms with Crippen LogP contribution >= 0.6 is 0 Å². The van der Waals surface area contributed by atoms with Crippen molar-refractivity contribution < 1.29 is 24.5 Å². The average Bonchev–Trinajstić information content (AvgIpc) is 2.13. The number of carboxylic acid groups (broad SMARTS) is 1. The lowest BCUT2D eigenvalue weighted by atomic mass is 10.1. The molecule has 0 spiro atoms. The van der Waals surface area contributed by atoms with Crippen LogP contribution in [-0.2, 0) is 14.3 Å². The summed E-state index contributed by atoms with van der Waals surface area (Å²) in [5.41, 5.74) is -1.81. The number of nitrogens with one attached hydrogen (secondary N) is 1. The topological polar surface area (TPSA) is 95.9 Å². The first-order valence-electron chi connectivity index (χ1n) is 4.72. The maximum Gasteiger partial charge on any atom is 0.336 e. The van der Waals surface area contributed by atoms with E-state index in [1.165, 1.54) is 6.92 Å². The van der Waals surface area contributed by atoms with Crippen LogP contribution in [-0.4, -0.2) is 47.4 Å². The number of aliphatic carboxylic acids is 1. The second-order valence-corrected chi connectivity index (χ2v) is 3.31. The Morgan fingerprint density at radius 3 is 2.53 bits per heavy atom. The number of hydrogen-bond acceptors (Lipinski definition) is 5. The van der Waals surface area contributed by atoms with E-state index in [9.17, 15) is 14.7 Å². The molecule has 1 unspecified atom stereocenters. The molecule has 0 aromatic carbocycles. The summed E-state index contributed by atoms with van der Waals surface area (Å²) in [6, 6.07) is 0. The lowest BCUT2D eigenvalue weighted by Crippen LogP contribution is -2.45. The van der Waals surface area contributed by atoms with Crippen LogP contribution in [0.2, 0.25) is 0 Å². The van der Waals surface area contributed by atoms with Gasteiger partial charge in [-0.25, -0.2) is 4.79 Å². The number of hydrogen-bond donors (Lipinski definition) is 3. The van der Waals surface area contributed by atoms with Gasteiger partial charge in [0, 0.05) is 13.1 Å². The summed E-state index contributed by atoms with van der Waals surface area (Å²) in [4.78, 5) is 21.3. The van der Waals surface area contributed by atoms with Gasteiger partial charge in [-0.1, -0.05) is 0 Å². The van der Waals surface area contributed by atoms with Crippen molar-refractivity contribution in [2.45, 2.75) is 25.9 Å². The minimum absolute atomic E-state index is 0.109. The molecule has 0 aliphatic rings. The zero-order valence-electron chi connectivity index (χ0n) is 8.95. The second-order valence-electron chi connectivity index (χ2n) is 3.31. The van der Waals surface area contributed by atoms with E-state index in [2.05, 4.69) is 10.1 Å². The number of esters is 1.